The maximum atomic E-state index is 13.4. The predicted molar refractivity (Wildman–Crippen MR) is 142 cm³/mol. The van der Waals surface area contributed by atoms with Gasteiger partial charge in [0.1, 0.15) is 22.1 Å². The van der Waals surface area contributed by atoms with Crippen LogP contribution in [-0.2, 0) is 16.2 Å². The van der Waals surface area contributed by atoms with Crippen molar-refractivity contribution in [1.82, 2.24) is 24.3 Å². The smallest absolute Gasteiger partial charge is 0.366 e. The number of alkyl halides is 3. The first-order valence-corrected chi connectivity index (χ1v) is 14.5. The molecule has 0 amide bonds. The minimum absolute atomic E-state index is 0.153. The first kappa shape index (κ1) is 27.5. The normalized spacial score (nSPS) is 16.6. The van der Waals surface area contributed by atoms with Gasteiger partial charge < -0.3 is 9.84 Å². The van der Waals surface area contributed by atoms with Crippen LogP contribution in [0.1, 0.15) is 23.9 Å². The van der Waals surface area contributed by atoms with E-state index >= 15 is 0 Å². The number of benzene rings is 1. The number of hydrogen-bond acceptors (Lipinski definition) is 9. The molecular weight excluding hydrogens is 553 g/mol. The lowest BCUT2D eigenvalue weighted by atomic mass is 10.1. The first-order chi connectivity index (χ1) is 18.4. The highest BCUT2D eigenvalue weighted by atomic mass is 32.2. The van der Waals surface area contributed by atoms with E-state index in [0.29, 0.717) is 55.4 Å². The van der Waals surface area contributed by atoms with Gasteiger partial charge in [0.05, 0.1) is 22.3 Å². The van der Waals surface area contributed by atoms with Gasteiger partial charge in [-0.1, -0.05) is 11.2 Å². The van der Waals surface area contributed by atoms with Crippen LogP contribution in [0.15, 0.2) is 45.4 Å². The number of piperazine rings is 1. The van der Waals surface area contributed by atoms with E-state index in [1.807, 2.05) is 13.8 Å². The molecule has 5 rings (SSSR count). The van der Waals surface area contributed by atoms with E-state index in [4.69, 9.17) is 4.52 Å². The maximum absolute atomic E-state index is 13.4. The van der Waals surface area contributed by atoms with Gasteiger partial charge >= 0.3 is 6.18 Å². The Kier molecular flexibility index (Phi) is 7.39. The zero-order valence-corrected chi connectivity index (χ0v) is 23.1. The zero-order chi connectivity index (χ0) is 27.9. The van der Waals surface area contributed by atoms with Crippen molar-refractivity contribution in [3.8, 4) is 10.4 Å². The molecule has 1 N–H and O–H groups in total. The molecule has 14 heteroatoms. The average Bonchev–Trinajstić information content (AvgIpc) is 3.50. The molecule has 208 valence electrons. The summed E-state index contributed by atoms with van der Waals surface area (Å²) in [6, 6.07) is 7.15. The number of anilines is 1. The van der Waals surface area contributed by atoms with Crippen LogP contribution in [0, 0.1) is 13.8 Å². The zero-order valence-electron chi connectivity index (χ0n) is 21.5. The van der Waals surface area contributed by atoms with E-state index in [0.717, 1.165) is 22.8 Å². The molecule has 1 aromatic carbocycles. The van der Waals surface area contributed by atoms with Gasteiger partial charge in [0.15, 0.2) is 0 Å². The molecule has 0 aliphatic carbocycles. The van der Waals surface area contributed by atoms with Crippen LogP contribution < -0.4 is 5.32 Å². The lowest BCUT2D eigenvalue weighted by Gasteiger charge is -2.35. The topological polar surface area (TPSA) is 104 Å². The summed E-state index contributed by atoms with van der Waals surface area (Å²) < 4.78 is 73.8. The van der Waals surface area contributed by atoms with Gasteiger partial charge in [-0.3, -0.25) is 4.90 Å². The van der Waals surface area contributed by atoms with E-state index in [-0.39, 0.29) is 15.8 Å². The lowest BCUT2D eigenvalue weighted by molar-refractivity contribution is -0.136. The highest BCUT2D eigenvalue weighted by Gasteiger charge is 2.34. The SMILES string of the molecule is Cc1noc(C)c1-c1ccc(S(=O)(=O)N2CCN(CC(C)Nc3ncnc4c(C(F)(F)F)cccc34)CC2)s1. The molecule has 1 atom stereocenters. The van der Waals surface area contributed by atoms with Crippen LogP contribution in [0.5, 0.6) is 0 Å². The fourth-order valence-electron chi connectivity index (χ4n) is 4.81. The molecule has 0 bridgehead atoms. The van der Waals surface area contributed by atoms with Gasteiger partial charge in [0.2, 0.25) is 0 Å². The van der Waals surface area contributed by atoms with Gasteiger partial charge in [-0.05, 0) is 45.0 Å². The minimum atomic E-state index is -4.52. The molecule has 1 aliphatic heterocycles. The van der Waals surface area contributed by atoms with Crippen LogP contribution >= 0.6 is 11.3 Å². The van der Waals surface area contributed by atoms with Gasteiger partial charge in [-0.25, -0.2) is 18.4 Å². The van der Waals surface area contributed by atoms with Crippen molar-refractivity contribution in [1.29, 1.82) is 0 Å². The number of fused-ring (bicyclic) bond motifs is 1. The highest BCUT2D eigenvalue weighted by Crippen LogP contribution is 2.37. The van der Waals surface area contributed by atoms with Crippen molar-refractivity contribution in [2.24, 2.45) is 0 Å². The molecule has 4 heterocycles. The third-order valence-corrected chi connectivity index (χ3v) is 10.1. The van der Waals surface area contributed by atoms with Crippen molar-refractivity contribution in [3.63, 3.8) is 0 Å². The molecule has 0 saturated carbocycles. The average molecular weight is 581 g/mol. The van der Waals surface area contributed by atoms with Crippen LogP contribution in [0.25, 0.3) is 21.3 Å². The van der Waals surface area contributed by atoms with E-state index in [2.05, 4.69) is 25.3 Å². The fraction of sp³-hybridized carbons (Fsp3) is 0.400. The first-order valence-electron chi connectivity index (χ1n) is 12.3. The van der Waals surface area contributed by atoms with Crippen molar-refractivity contribution in [2.75, 3.05) is 38.0 Å². The maximum Gasteiger partial charge on any atom is 0.418 e. The molecule has 0 spiro atoms. The Balaban J connectivity index is 1.22. The summed E-state index contributed by atoms with van der Waals surface area (Å²) in [5.74, 6) is 0.969. The largest absolute Gasteiger partial charge is 0.418 e. The van der Waals surface area contributed by atoms with Crippen LogP contribution in [0.4, 0.5) is 19.0 Å². The quantitative estimate of drug-likeness (QED) is 0.333. The molecule has 1 fully saturated rings. The molecular formula is C25H27F3N6O3S2. The standard InChI is InChI=1S/C25H27F3N6O3S2/c1-15(31-24-18-5-4-6-19(25(26,27)28)23(18)29-14-30-24)13-33-9-11-34(12-10-33)39(35,36)21-8-7-20(38-21)22-16(2)32-37-17(22)3/h4-8,14-15H,9-13H2,1-3H3,(H,29,30,31). The number of hydrogen-bond donors (Lipinski definition) is 1. The van der Waals surface area contributed by atoms with Crippen molar-refractivity contribution >= 4 is 38.1 Å². The lowest BCUT2D eigenvalue weighted by Crippen LogP contribution is -2.50. The third kappa shape index (κ3) is 5.51. The number of para-hydroxylation sites is 1. The summed E-state index contributed by atoms with van der Waals surface area (Å²) in [4.78, 5) is 10.9. The number of nitrogens with zero attached hydrogens (tertiary/aromatic N) is 5. The molecule has 3 aromatic heterocycles. The molecule has 39 heavy (non-hydrogen) atoms. The molecule has 1 aliphatic rings. The summed E-state index contributed by atoms with van der Waals surface area (Å²) in [7, 11) is -3.65. The summed E-state index contributed by atoms with van der Waals surface area (Å²) in [6.45, 7) is 7.80. The van der Waals surface area contributed by atoms with Crippen molar-refractivity contribution in [2.45, 2.75) is 37.2 Å². The Hall–Kier alpha value is -3.07. The predicted octanol–water partition coefficient (Wildman–Crippen LogP) is 4.79. The molecule has 0 radical (unpaired) electrons. The van der Waals surface area contributed by atoms with E-state index in [9.17, 15) is 21.6 Å². The Morgan fingerprint density at radius 1 is 1.10 bits per heavy atom. The van der Waals surface area contributed by atoms with Crippen molar-refractivity contribution < 1.29 is 26.1 Å². The van der Waals surface area contributed by atoms with Crippen LogP contribution in [0.3, 0.4) is 0 Å². The number of nitrogens with one attached hydrogen (secondary N) is 1. The van der Waals surface area contributed by atoms with Crippen LogP contribution in [0.2, 0.25) is 0 Å². The Morgan fingerprint density at radius 3 is 2.51 bits per heavy atom. The number of rotatable bonds is 7. The Morgan fingerprint density at radius 2 is 1.85 bits per heavy atom. The second kappa shape index (κ2) is 10.5. The summed E-state index contributed by atoms with van der Waals surface area (Å²) >= 11 is 1.20. The van der Waals surface area contributed by atoms with E-state index < -0.39 is 21.8 Å². The number of aryl methyl sites for hydroxylation is 2. The Bertz CT molecular complexity index is 1570. The van der Waals surface area contributed by atoms with Crippen molar-refractivity contribution in [3.05, 3.63) is 53.7 Å². The summed E-state index contributed by atoms with van der Waals surface area (Å²) in [5, 5.41) is 7.44. The van der Waals surface area contributed by atoms with Gasteiger partial charge in [-0.15, -0.1) is 11.3 Å². The number of thiophene rings is 1. The van der Waals surface area contributed by atoms with Gasteiger partial charge in [0.25, 0.3) is 10.0 Å². The van der Waals surface area contributed by atoms with Gasteiger partial charge in [0, 0.05) is 49.0 Å². The van der Waals surface area contributed by atoms with Crippen LogP contribution in [-0.4, -0.2) is 71.5 Å². The monoisotopic (exact) mass is 580 g/mol. The molecule has 9 nitrogen and oxygen atoms in total. The number of halogens is 3. The molecule has 4 aromatic rings. The van der Waals surface area contributed by atoms with Gasteiger partial charge in [-0.2, -0.15) is 17.5 Å². The Labute approximate surface area is 227 Å². The summed E-state index contributed by atoms with van der Waals surface area (Å²) in [6.07, 6.45) is -3.40. The molecule has 1 unspecified atom stereocenters. The van der Waals surface area contributed by atoms with E-state index in [1.54, 1.807) is 25.1 Å². The summed E-state index contributed by atoms with van der Waals surface area (Å²) in [5.41, 5.74) is 0.573. The minimum Gasteiger partial charge on any atom is -0.366 e. The second-order valence-corrected chi connectivity index (χ2v) is 12.7. The number of aromatic nitrogens is 3. The second-order valence-electron chi connectivity index (χ2n) is 9.49. The highest BCUT2D eigenvalue weighted by molar-refractivity contribution is 7.91. The third-order valence-electron chi connectivity index (χ3n) is 6.67. The fourth-order valence-corrected chi connectivity index (χ4v) is 7.83. The molecule has 1 saturated heterocycles. The number of sulfonamides is 1. The van der Waals surface area contributed by atoms with E-state index in [1.165, 1.54) is 21.7 Å².